The molecule has 0 N–H and O–H groups in total. The van der Waals surface area contributed by atoms with Gasteiger partial charge < -0.3 is 10.1 Å². The number of pyridine rings is 1. The molecule has 0 radical (unpaired) electrons. The van der Waals surface area contributed by atoms with Gasteiger partial charge in [-0.15, -0.1) is 0 Å². The molecule has 0 aliphatic rings. The Morgan fingerprint density at radius 2 is 2.07 bits per heavy atom. The van der Waals surface area contributed by atoms with E-state index in [1.165, 1.54) is 22.4 Å². The van der Waals surface area contributed by atoms with Crippen LogP contribution < -0.4 is 5.69 Å². The monoisotopic (exact) mass is 208 g/mol. The summed E-state index contributed by atoms with van der Waals surface area (Å²) in [6.07, 6.45) is 1.32. The van der Waals surface area contributed by atoms with E-state index in [2.05, 4.69) is 4.98 Å². The molecule has 7 heteroatoms. The maximum atomic E-state index is 11.5. The van der Waals surface area contributed by atoms with Crippen molar-refractivity contribution in [3.05, 3.63) is 32.9 Å². The van der Waals surface area contributed by atoms with Crippen LogP contribution in [0.15, 0.2) is 17.1 Å². The van der Waals surface area contributed by atoms with Crippen LogP contribution in [-0.2, 0) is 14.1 Å². The third-order valence-corrected chi connectivity index (χ3v) is 2.33. The van der Waals surface area contributed by atoms with Crippen molar-refractivity contribution in [3.63, 3.8) is 0 Å². The lowest BCUT2D eigenvalue weighted by Crippen LogP contribution is -2.19. The van der Waals surface area contributed by atoms with E-state index in [1.807, 2.05) is 0 Å². The van der Waals surface area contributed by atoms with Gasteiger partial charge in [-0.05, 0) is 9.91 Å². The van der Waals surface area contributed by atoms with Crippen LogP contribution in [0.1, 0.15) is 0 Å². The van der Waals surface area contributed by atoms with Gasteiger partial charge in [0.2, 0.25) is 0 Å². The van der Waals surface area contributed by atoms with Gasteiger partial charge in [-0.3, -0.25) is 9.13 Å². The zero-order valence-electron chi connectivity index (χ0n) is 8.17. The summed E-state index contributed by atoms with van der Waals surface area (Å²) in [6, 6.07) is 1.57. The highest BCUT2D eigenvalue weighted by molar-refractivity contribution is 5.83. The molecular weight excluding hydrogens is 200 g/mol. The summed E-state index contributed by atoms with van der Waals surface area (Å²) in [5.41, 5.74) is 0.445. The molecule has 0 amide bonds. The number of aryl methyl sites for hydroxylation is 2. The number of hydrogen-bond acceptors (Lipinski definition) is 4. The van der Waals surface area contributed by atoms with Crippen LogP contribution in [0.2, 0.25) is 0 Å². The smallest absolute Gasteiger partial charge is 0.358 e. The first kappa shape index (κ1) is 9.38. The Kier molecular flexibility index (Phi) is 1.82. The van der Waals surface area contributed by atoms with Crippen molar-refractivity contribution in [1.82, 2.24) is 14.1 Å². The van der Waals surface area contributed by atoms with E-state index in [1.54, 1.807) is 13.1 Å². The van der Waals surface area contributed by atoms with Crippen LogP contribution in [0.25, 0.3) is 11.0 Å². The minimum absolute atomic E-state index is 0.245. The number of rotatable bonds is 1. The molecular formula is C8H8N4O3. The first-order chi connectivity index (χ1) is 7.04. The average molecular weight is 208 g/mol. The second kappa shape index (κ2) is 2.91. The molecule has 2 rings (SSSR count). The number of hydrogen-bond donors (Lipinski definition) is 0. The zero-order chi connectivity index (χ0) is 11.2. The van der Waals surface area contributed by atoms with E-state index in [0.717, 1.165) is 0 Å². The molecule has 0 unspecified atom stereocenters. The highest BCUT2D eigenvalue weighted by Gasteiger charge is 2.19. The number of nitrogens with zero attached hydrogens (tertiary/aromatic N) is 4. The van der Waals surface area contributed by atoms with E-state index < -0.39 is 4.92 Å². The molecule has 7 nitrogen and oxygen atoms in total. The molecule has 0 aliphatic carbocycles. The molecule has 0 aromatic carbocycles. The standard InChI is InChI=1S/C8H8N4O3/c1-10-5-3-4-9-7(12(14)15)6(5)11(2)8(10)13/h3-4H,1-2H3. The molecule has 0 fully saturated rings. The maximum Gasteiger partial charge on any atom is 0.389 e. The molecule has 0 saturated carbocycles. The molecule has 0 saturated heterocycles. The van der Waals surface area contributed by atoms with Crippen molar-refractivity contribution < 1.29 is 4.92 Å². The summed E-state index contributed by atoms with van der Waals surface area (Å²) in [4.78, 5) is 25.3. The lowest BCUT2D eigenvalue weighted by Gasteiger charge is -1.95. The molecule has 0 spiro atoms. The molecule has 15 heavy (non-hydrogen) atoms. The second-order valence-electron chi connectivity index (χ2n) is 3.16. The second-order valence-corrected chi connectivity index (χ2v) is 3.16. The van der Waals surface area contributed by atoms with Crippen molar-refractivity contribution in [3.8, 4) is 0 Å². The predicted molar refractivity (Wildman–Crippen MR) is 52.6 cm³/mol. The SMILES string of the molecule is Cn1c(=O)n(C)c2c([N+](=O)[O-])nccc21. The van der Waals surface area contributed by atoms with Crippen molar-refractivity contribution in [2.24, 2.45) is 14.1 Å². The van der Waals surface area contributed by atoms with Crippen LogP contribution >= 0.6 is 0 Å². The Morgan fingerprint density at radius 1 is 1.40 bits per heavy atom. The van der Waals surface area contributed by atoms with Crippen molar-refractivity contribution >= 4 is 16.9 Å². The van der Waals surface area contributed by atoms with Gasteiger partial charge in [0.1, 0.15) is 6.20 Å². The number of aromatic nitrogens is 3. The van der Waals surface area contributed by atoms with Gasteiger partial charge >= 0.3 is 11.5 Å². The average Bonchev–Trinajstić information content (AvgIpc) is 2.44. The van der Waals surface area contributed by atoms with Crippen molar-refractivity contribution in [2.45, 2.75) is 0 Å². The van der Waals surface area contributed by atoms with Crippen LogP contribution in [0, 0.1) is 10.1 Å². The summed E-state index contributed by atoms with van der Waals surface area (Å²) in [5, 5.41) is 10.7. The fourth-order valence-electron chi connectivity index (χ4n) is 1.58. The molecule has 0 aliphatic heterocycles. The molecule has 0 atom stereocenters. The van der Waals surface area contributed by atoms with Crippen LogP contribution in [0.3, 0.4) is 0 Å². The molecule has 78 valence electrons. The summed E-state index contributed by atoms with van der Waals surface area (Å²) in [6.45, 7) is 0. The van der Waals surface area contributed by atoms with E-state index in [4.69, 9.17) is 0 Å². The summed E-state index contributed by atoms with van der Waals surface area (Å²) in [5.74, 6) is -0.298. The number of fused-ring (bicyclic) bond motifs is 1. The summed E-state index contributed by atoms with van der Waals surface area (Å²) >= 11 is 0. The highest BCUT2D eigenvalue weighted by Crippen LogP contribution is 2.20. The van der Waals surface area contributed by atoms with E-state index in [-0.39, 0.29) is 17.0 Å². The van der Waals surface area contributed by atoms with Gasteiger partial charge in [0.15, 0.2) is 5.52 Å². The van der Waals surface area contributed by atoms with E-state index >= 15 is 0 Å². The summed E-state index contributed by atoms with van der Waals surface area (Å²) in [7, 11) is 3.05. The molecule has 2 heterocycles. The first-order valence-corrected chi connectivity index (χ1v) is 4.19. The van der Waals surface area contributed by atoms with Gasteiger partial charge in [0, 0.05) is 20.2 Å². The third-order valence-electron chi connectivity index (χ3n) is 2.33. The minimum atomic E-state index is -0.595. The Hall–Kier alpha value is -2.18. The van der Waals surface area contributed by atoms with Gasteiger partial charge in [0.05, 0.1) is 5.52 Å². The Balaban J connectivity index is 3.05. The van der Waals surface area contributed by atoms with Crippen LogP contribution in [0.5, 0.6) is 0 Å². The third kappa shape index (κ3) is 1.13. The summed E-state index contributed by atoms with van der Waals surface area (Å²) < 4.78 is 2.57. The van der Waals surface area contributed by atoms with Gasteiger partial charge in [0.25, 0.3) is 0 Å². The van der Waals surface area contributed by atoms with Gasteiger partial charge in [-0.25, -0.2) is 4.79 Å². The fraction of sp³-hybridized carbons (Fsp3) is 0.250. The predicted octanol–water partition coefficient (Wildman–Crippen LogP) is 0.180. The van der Waals surface area contributed by atoms with Gasteiger partial charge in [-0.1, -0.05) is 0 Å². The molecule has 0 bridgehead atoms. The van der Waals surface area contributed by atoms with E-state index in [0.29, 0.717) is 5.52 Å². The van der Waals surface area contributed by atoms with Crippen LogP contribution in [-0.4, -0.2) is 19.0 Å². The Bertz CT molecular complexity index is 610. The van der Waals surface area contributed by atoms with Crippen LogP contribution in [0.4, 0.5) is 5.82 Å². The van der Waals surface area contributed by atoms with Gasteiger partial charge in [-0.2, -0.15) is 0 Å². The molecule has 2 aromatic rings. The topological polar surface area (TPSA) is 83.0 Å². The van der Waals surface area contributed by atoms with Crippen molar-refractivity contribution in [1.29, 1.82) is 0 Å². The quantitative estimate of drug-likeness (QED) is 0.494. The lowest BCUT2D eigenvalue weighted by atomic mass is 10.4. The Morgan fingerprint density at radius 3 is 2.67 bits per heavy atom. The minimum Gasteiger partial charge on any atom is -0.358 e. The highest BCUT2D eigenvalue weighted by atomic mass is 16.6. The largest absolute Gasteiger partial charge is 0.389 e. The zero-order valence-corrected chi connectivity index (χ0v) is 8.17. The maximum absolute atomic E-state index is 11.5. The normalized spacial score (nSPS) is 10.8. The van der Waals surface area contributed by atoms with Crippen molar-refractivity contribution in [2.75, 3.05) is 0 Å². The lowest BCUT2D eigenvalue weighted by molar-refractivity contribution is -0.387. The Labute approximate surface area is 83.7 Å². The first-order valence-electron chi connectivity index (χ1n) is 4.19. The van der Waals surface area contributed by atoms with E-state index in [9.17, 15) is 14.9 Å². The molecule has 2 aromatic heterocycles. The number of imidazole rings is 1. The number of nitro groups is 1. The fourth-order valence-corrected chi connectivity index (χ4v) is 1.58.